The van der Waals surface area contributed by atoms with E-state index in [1.54, 1.807) is 13.2 Å². The van der Waals surface area contributed by atoms with Crippen molar-refractivity contribution in [1.29, 1.82) is 0 Å². The average molecular weight is 285 g/mol. The molecule has 0 aliphatic heterocycles. The van der Waals surface area contributed by atoms with Crippen molar-refractivity contribution in [2.45, 2.75) is 19.9 Å². The van der Waals surface area contributed by atoms with Crippen molar-refractivity contribution >= 4 is 0 Å². The highest BCUT2D eigenvalue weighted by atomic mass is 19.1. The minimum atomic E-state index is -0.326. The molecule has 0 aliphatic rings. The lowest BCUT2D eigenvalue weighted by molar-refractivity contribution is 0.129. The summed E-state index contributed by atoms with van der Waals surface area (Å²) in [6.45, 7) is 5.62. The first-order valence-corrected chi connectivity index (χ1v) is 6.97. The van der Waals surface area contributed by atoms with Crippen LogP contribution in [0, 0.1) is 5.82 Å². The van der Waals surface area contributed by atoms with Crippen LogP contribution in [0.5, 0.6) is 5.75 Å². The molecule has 0 bridgehead atoms. The van der Waals surface area contributed by atoms with Crippen molar-refractivity contribution in [2.75, 3.05) is 40.1 Å². The standard InChI is InChI=1S/C15H24FNO3/c1-3-19-9-5-10-20-15-13(6-4-7-14(15)16)12-17-8-11-18-2/h4,6-7,17H,3,5,8-12H2,1-2H3. The monoisotopic (exact) mass is 285 g/mol. The van der Waals surface area contributed by atoms with Gasteiger partial charge < -0.3 is 19.5 Å². The molecule has 114 valence electrons. The minimum absolute atomic E-state index is 0.326. The molecule has 20 heavy (non-hydrogen) atoms. The normalized spacial score (nSPS) is 10.8. The quantitative estimate of drug-likeness (QED) is 0.634. The second-order valence-corrected chi connectivity index (χ2v) is 4.30. The van der Waals surface area contributed by atoms with Crippen LogP contribution in [-0.4, -0.2) is 40.1 Å². The number of para-hydroxylation sites is 1. The Kier molecular flexibility index (Phi) is 8.95. The van der Waals surface area contributed by atoms with Crippen molar-refractivity contribution in [3.05, 3.63) is 29.6 Å². The van der Waals surface area contributed by atoms with E-state index in [0.717, 1.165) is 18.5 Å². The van der Waals surface area contributed by atoms with E-state index < -0.39 is 0 Å². The lowest BCUT2D eigenvalue weighted by Gasteiger charge is -2.13. The Morgan fingerprint density at radius 1 is 1.20 bits per heavy atom. The summed E-state index contributed by atoms with van der Waals surface area (Å²) in [5.41, 5.74) is 0.817. The van der Waals surface area contributed by atoms with E-state index in [4.69, 9.17) is 14.2 Å². The summed E-state index contributed by atoms with van der Waals surface area (Å²) < 4.78 is 29.5. The Labute approximate surface area is 120 Å². The van der Waals surface area contributed by atoms with Gasteiger partial charge in [0.2, 0.25) is 0 Å². The van der Waals surface area contributed by atoms with Crippen LogP contribution in [0.25, 0.3) is 0 Å². The third-order valence-corrected chi connectivity index (χ3v) is 2.73. The number of ether oxygens (including phenoxy) is 3. The molecule has 0 amide bonds. The van der Waals surface area contributed by atoms with E-state index >= 15 is 0 Å². The third kappa shape index (κ3) is 6.32. The molecule has 0 unspecified atom stereocenters. The topological polar surface area (TPSA) is 39.7 Å². The highest BCUT2D eigenvalue weighted by Gasteiger charge is 2.09. The maximum atomic E-state index is 13.8. The Bertz CT molecular complexity index is 374. The fourth-order valence-electron chi connectivity index (χ4n) is 1.73. The van der Waals surface area contributed by atoms with Gasteiger partial charge in [0.25, 0.3) is 0 Å². The molecule has 0 fully saturated rings. The SMILES string of the molecule is CCOCCCOc1c(F)cccc1CNCCOC. The molecule has 0 spiro atoms. The van der Waals surface area contributed by atoms with Crippen LogP contribution in [0.15, 0.2) is 18.2 Å². The molecule has 1 aromatic rings. The number of hydrogen-bond acceptors (Lipinski definition) is 4. The molecular formula is C15H24FNO3. The summed E-state index contributed by atoms with van der Waals surface area (Å²) >= 11 is 0. The largest absolute Gasteiger partial charge is 0.490 e. The molecule has 0 radical (unpaired) electrons. The average Bonchev–Trinajstić information content (AvgIpc) is 2.45. The Hall–Kier alpha value is -1.17. The molecule has 0 saturated heterocycles. The molecule has 1 aromatic carbocycles. The van der Waals surface area contributed by atoms with Gasteiger partial charge in [-0.1, -0.05) is 12.1 Å². The predicted octanol–water partition coefficient (Wildman–Crippen LogP) is 2.37. The highest BCUT2D eigenvalue weighted by Crippen LogP contribution is 2.22. The zero-order valence-corrected chi connectivity index (χ0v) is 12.3. The third-order valence-electron chi connectivity index (χ3n) is 2.73. The van der Waals surface area contributed by atoms with Crippen molar-refractivity contribution in [2.24, 2.45) is 0 Å². The fraction of sp³-hybridized carbons (Fsp3) is 0.600. The number of nitrogens with one attached hydrogen (secondary N) is 1. The summed E-state index contributed by atoms with van der Waals surface area (Å²) in [4.78, 5) is 0. The molecule has 1 N–H and O–H groups in total. The van der Waals surface area contributed by atoms with Crippen LogP contribution >= 0.6 is 0 Å². The summed E-state index contributed by atoms with van der Waals surface area (Å²) in [6.07, 6.45) is 0.749. The summed E-state index contributed by atoms with van der Waals surface area (Å²) in [5.74, 6) is 0.00127. The first-order valence-electron chi connectivity index (χ1n) is 6.97. The Morgan fingerprint density at radius 3 is 2.80 bits per heavy atom. The first kappa shape index (κ1) is 16.9. The van der Waals surface area contributed by atoms with Gasteiger partial charge in [0.05, 0.1) is 13.2 Å². The van der Waals surface area contributed by atoms with Gasteiger partial charge >= 0.3 is 0 Å². The molecule has 5 heteroatoms. The second kappa shape index (κ2) is 10.6. The molecule has 0 aliphatic carbocycles. The lowest BCUT2D eigenvalue weighted by atomic mass is 10.2. The molecular weight excluding hydrogens is 261 g/mol. The molecule has 1 rings (SSSR count). The van der Waals surface area contributed by atoms with Crippen LogP contribution in [0.1, 0.15) is 18.9 Å². The van der Waals surface area contributed by atoms with E-state index in [-0.39, 0.29) is 5.82 Å². The summed E-state index contributed by atoms with van der Waals surface area (Å²) in [6, 6.07) is 4.97. The molecule has 4 nitrogen and oxygen atoms in total. The van der Waals surface area contributed by atoms with Crippen LogP contribution < -0.4 is 10.1 Å². The summed E-state index contributed by atoms with van der Waals surface area (Å²) in [5, 5.41) is 3.18. The van der Waals surface area contributed by atoms with Gasteiger partial charge in [0, 0.05) is 45.4 Å². The Balaban J connectivity index is 2.45. The van der Waals surface area contributed by atoms with Crippen LogP contribution in [0.2, 0.25) is 0 Å². The number of benzene rings is 1. The molecule has 0 heterocycles. The maximum absolute atomic E-state index is 13.8. The number of rotatable bonds is 11. The highest BCUT2D eigenvalue weighted by molar-refractivity contribution is 5.34. The van der Waals surface area contributed by atoms with E-state index in [1.165, 1.54) is 6.07 Å². The van der Waals surface area contributed by atoms with Gasteiger partial charge in [0.1, 0.15) is 0 Å². The minimum Gasteiger partial charge on any atom is -0.490 e. The van der Waals surface area contributed by atoms with Crippen LogP contribution in [-0.2, 0) is 16.0 Å². The molecule has 0 saturated carbocycles. The van der Waals surface area contributed by atoms with Crippen LogP contribution in [0.3, 0.4) is 0 Å². The smallest absolute Gasteiger partial charge is 0.165 e. The van der Waals surface area contributed by atoms with Gasteiger partial charge in [-0.05, 0) is 13.0 Å². The predicted molar refractivity (Wildman–Crippen MR) is 76.6 cm³/mol. The van der Waals surface area contributed by atoms with Gasteiger partial charge in [-0.25, -0.2) is 4.39 Å². The van der Waals surface area contributed by atoms with E-state index in [0.29, 0.717) is 38.7 Å². The second-order valence-electron chi connectivity index (χ2n) is 4.30. The first-order chi connectivity index (χ1) is 9.79. The van der Waals surface area contributed by atoms with E-state index in [9.17, 15) is 4.39 Å². The van der Waals surface area contributed by atoms with Crippen molar-refractivity contribution in [1.82, 2.24) is 5.32 Å². The van der Waals surface area contributed by atoms with Crippen LogP contribution in [0.4, 0.5) is 4.39 Å². The summed E-state index contributed by atoms with van der Waals surface area (Å²) in [7, 11) is 1.65. The van der Waals surface area contributed by atoms with Gasteiger partial charge in [0.15, 0.2) is 11.6 Å². The zero-order chi connectivity index (χ0) is 14.6. The number of hydrogen-bond donors (Lipinski definition) is 1. The maximum Gasteiger partial charge on any atom is 0.165 e. The zero-order valence-electron chi connectivity index (χ0n) is 12.3. The molecule has 0 aromatic heterocycles. The fourth-order valence-corrected chi connectivity index (χ4v) is 1.73. The van der Waals surface area contributed by atoms with E-state index in [1.807, 2.05) is 13.0 Å². The lowest BCUT2D eigenvalue weighted by Crippen LogP contribution is -2.19. The van der Waals surface area contributed by atoms with Crippen molar-refractivity contribution in [3.63, 3.8) is 0 Å². The van der Waals surface area contributed by atoms with Crippen molar-refractivity contribution in [3.8, 4) is 5.75 Å². The van der Waals surface area contributed by atoms with E-state index in [2.05, 4.69) is 5.32 Å². The van der Waals surface area contributed by atoms with Gasteiger partial charge in [-0.3, -0.25) is 0 Å². The number of methoxy groups -OCH3 is 1. The molecule has 0 atom stereocenters. The van der Waals surface area contributed by atoms with Gasteiger partial charge in [-0.2, -0.15) is 0 Å². The van der Waals surface area contributed by atoms with Crippen molar-refractivity contribution < 1.29 is 18.6 Å². The van der Waals surface area contributed by atoms with Gasteiger partial charge in [-0.15, -0.1) is 0 Å². The Morgan fingerprint density at radius 2 is 2.05 bits per heavy atom. The number of halogens is 1.